The highest BCUT2D eigenvalue weighted by Gasteiger charge is 2.56. The molecule has 3 fully saturated rings. The summed E-state index contributed by atoms with van der Waals surface area (Å²) in [6.45, 7) is 0.789. The number of β-amino-alcohol motifs (C(OH)–C–C–N with tert-alkyl or cyclic N) is 1. The van der Waals surface area contributed by atoms with Gasteiger partial charge in [0, 0.05) is 12.1 Å². The Hall–Kier alpha value is -2.12. The van der Waals surface area contributed by atoms with Crippen molar-refractivity contribution in [2.45, 2.75) is 61.6 Å². The van der Waals surface area contributed by atoms with E-state index in [2.05, 4.69) is 43.3 Å². The third kappa shape index (κ3) is 3.48. The lowest BCUT2D eigenvalue weighted by molar-refractivity contribution is -0.118. The minimum atomic E-state index is -0.791. The Labute approximate surface area is 178 Å². The van der Waals surface area contributed by atoms with Gasteiger partial charge in [-0.2, -0.15) is 0 Å². The molecule has 0 radical (unpaired) electrons. The maximum Gasteiger partial charge on any atom is 0.321 e. The molecular weight excluding hydrogens is 380 g/mol. The number of aliphatic hydroxyl groups is 1. The van der Waals surface area contributed by atoms with Gasteiger partial charge in [0.05, 0.1) is 17.7 Å². The summed E-state index contributed by atoms with van der Waals surface area (Å²) in [6.07, 6.45) is 5.94. The largest absolute Gasteiger partial charge is 0.388 e. The number of rotatable bonds is 6. The molecule has 30 heavy (non-hydrogen) atoms. The molecule has 2 aliphatic carbocycles. The molecule has 7 heteroatoms. The second-order valence-corrected chi connectivity index (χ2v) is 9.79. The summed E-state index contributed by atoms with van der Waals surface area (Å²) in [5.74, 6) is -0.495. The van der Waals surface area contributed by atoms with Crippen LogP contribution in [0.3, 0.4) is 0 Å². The Bertz CT molecular complexity index is 798. The highest BCUT2D eigenvalue weighted by Crippen LogP contribution is 2.49. The van der Waals surface area contributed by atoms with Gasteiger partial charge in [-0.25, -0.2) is 4.79 Å². The van der Waals surface area contributed by atoms with E-state index < -0.39 is 11.5 Å². The summed E-state index contributed by atoms with van der Waals surface area (Å²) < 4.78 is 0. The summed E-state index contributed by atoms with van der Waals surface area (Å²) in [6, 6.07) is 10.4. The molecule has 1 aliphatic heterocycles. The van der Waals surface area contributed by atoms with E-state index in [4.69, 9.17) is 5.73 Å². The summed E-state index contributed by atoms with van der Waals surface area (Å²) in [4.78, 5) is 30.5. The van der Waals surface area contributed by atoms with Crippen LogP contribution >= 0.6 is 0 Å². The van der Waals surface area contributed by atoms with Gasteiger partial charge in [-0.15, -0.1) is 0 Å². The van der Waals surface area contributed by atoms with Crippen molar-refractivity contribution in [3.05, 3.63) is 35.9 Å². The van der Waals surface area contributed by atoms with Crippen LogP contribution in [-0.2, 0) is 10.3 Å². The molecule has 1 aromatic carbocycles. The summed E-state index contributed by atoms with van der Waals surface area (Å²) in [5, 5.41) is 10.8. The fourth-order valence-electron chi connectivity index (χ4n) is 5.77. The smallest absolute Gasteiger partial charge is 0.321 e. The summed E-state index contributed by atoms with van der Waals surface area (Å²) in [7, 11) is 4.25. The average molecular weight is 415 g/mol. The first-order chi connectivity index (χ1) is 14.2. The van der Waals surface area contributed by atoms with E-state index in [0.29, 0.717) is 13.1 Å². The summed E-state index contributed by atoms with van der Waals surface area (Å²) in [5.41, 5.74) is 5.49. The molecule has 0 bridgehead atoms. The molecular formula is C23H34N4O3. The van der Waals surface area contributed by atoms with Crippen molar-refractivity contribution in [3.63, 3.8) is 0 Å². The number of carbonyl (C=O) groups excluding carboxylic acids is 2. The normalized spacial score (nSPS) is 30.7. The van der Waals surface area contributed by atoms with Crippen LogP contribution in [0.2, 0.25) is 0 Å². The standard InChI is InChI=1S/C23H34N4O3/c1-25(2)23(18-7-4-3-5-8-18)13-11-21(12-14-23)16-26(15-19(24)28)20(29)27(21)17-22(30)9-6-10-22/h3-5,7-8,30H,6,9-17H2,1-2H3,(H2,24,28)/t21-,23+. The van der Waals surface area contributed by atoms with Gasteiger partial charge in [0.25, 0.3) is 0 Å². The van der Waals surface area contributed by atoms with Crippen LogP contribution in [-0.4, -0.2) is 76.6 Å². The molecule has 0 unspecified atom stereocenters. The molecule has 1 aromatic rings. The van der Waals surface area contributed by atoms with E-state index in [1.807, 2.05) is 11.0 Å². The number of benzene rings is 1. The molecule has 3 amide bonds. The van der Waals surface area contributed by atoms with Crippen molar-refractivity contribution < 1.29 is 14.7 Å². The zero-order valence-corrected chi connectivity index (χ0v) is 18.1. The van der Waals surface area contributed by atoms with Gasteiger partial charge in [0.1, 0.15) is 6.54 Å². The van der Waals surface area contributed by atoms with Crippen molar-refractivity contribution in [1.29, 1.82) is 0 Å². The lowest BCUT2D eigenvalue weighted by Gasteiger charge is -2.52. The van der Waals surface area contributed by atoms with E-state index in [1.165, 1.54) is 5.56 Å². The van der Waals surface area contributed by atoms with E-state index in [1.54, 1.807) is 4.90 Å². The van der Waals surface area contributed by atoms with Crippen LogP contribution in [0.25, 0.3) is 0 Å². The average Bonchev–Trinajstić information content (AvgIpc) is 2.93. The SMILES string of the molecule is CN(C)[C@]1(c2ccccc2)CC[C@]2(CC1)CN(CC(N)=O)C(=O)N2CC1(O)CCC1. The second-order valence-electron chi connectivity index (χ2n) is 9.79. The van der Waals surface area contributed by atoms with Crippen LogP contribution in [0.15, 0.2) is 30.3 Å². The van der Waals surface area contributed by atoms with Gasteiger partial charge < -0.3 is 20.6 Å². The number of hydrogen-bond acceptors (Lipinski definition) is 4. The zero-order valence-electron chi connectivity index (χ0n) is 18.1. The number of nitrogens with two attached hydrogens (primary N) is 1. The minimum Gasteiger partial charge on any atom is -0.388 e. The van der Waals surface area contributed by atoms with Crippen LogP contribution in [0, 0.1) is 0 Å². The van der Waals surface area contributed by atoms with Gasteiger partial charge >= 0.3 is 6.03 Å². The molecule has 4 rings (SSSR count). The van der Waals surface area contributed by atoms with E-state index >= 15 is 0 Å². The predicted octanol–water partition coefficient (Wildman–Crippen LogP) is 1.89. The first-order valence-corrected chi connectivity index (χ1v) is 11.0. The number of primary amides is 1. The zero-order chi connectivity index (χ0) is 21.6. The summed E-state index contributed by atoms with van der Waals surface area (Å²) >= 11 is 0. The molecule has 0 atom stereocenters. The molecule has 3 aliphatic rings. The lowest BCUT2D eigenvalue weighted by Crippen LogP contribution is -2.59. The number of amides is 3. The van der Waals surface area contributed by atoms with E-state index in [0.717, 1.165) is 44.9 Å². The number of nitrogens with zero attached hydrogens (tertiary/aromatic N) is 3. The number of carbonyl (C=O) groups is 2. The minimum absolute atomic E-state index is 0.0625. The molecule has 1 spiro atoms. The van der Waals surface area contributed by atoms with Crippen molar-refractivity contribution in [2.75, 3.05) is 33.7 Å². The van der Waals surface area contributed by atoms with Crippen LogP contribution < -0.4 is 5.73 Å². The highest BCUT2D eigenvalue weighted by molar-refractivity contribution is 5.85. The van der Waals surface area contributed by atoms with Gasteiger partial charge in [0.2, 0.25) is 5.91 Å². The highest BCUT2D eigenvalue weighted by atomic mass is 16.3. The van der Waals surface area contributed by atoms with Gasteiger partial charge in [-0.05, 0) is 64.6 Å². The van der Waals surface area contributed by atoms with Crippen LogP contribution in [0.1, 0.15) is 50.5 Å². The molecule has 2 saturated carbocycles. The monoisotopic (exact) mass is 414 g/mol. The Kier molecular flexibility index (Phi) is 5.31. The fourth-order valence-corrected chi connectivity index (χ4v) is 5.77. The van der Waals surface area contributed by atoms with Gasteiger partial charge in [-0.3, -0.25) is 9.69 Å². The molecule has 3 N–H and O–H groups in total. The van der Waals surface area contributed by atoms with Gasteiger partial charge in [0.15, 0.2) is 0 Å². The molecule has 1 saturated heterocycles. The molecule has 1 heterocycles. The quantitative estimate of drug-likeness (QED) is 0.744. The fraction of sp³-hybridized carbons (Fsp3) is 0.652. The topological polar surface area (TPSA) is 90.1 Å². The van der Waals surface area contributed by atoms with Crippen molar-refractivity contribution in [1.82, 2.24) is 14.7 Å². The van der Waals surface area contributed by atoms with Gasteiger partial charge in [-0.1, -0.05) is 30.3 Å². The maximum absolute atomic E-state index is 13.2. The van der Waals surface area contributed by atoms with Crippen molar-refractivity contribution >= 4 is 11.9 Å². The lowest BCUT2D eigenvalue weighted by atomic mass is 9.67. The van der Waals surface area contributed by atoms with Crippen LogP contribution in [0.4, 0.5) is 4.79 Å². The molecule has 7 nitrogen and oxygen atoms in total. The van der Waals surface area contributed by atoms with E-state index in [-0.39, 0.29) is 23.7 Å². The molecule has 0 aromatic heterocycles. The third-order valence-corrected chi connectivity index (χ3v) is 7.82. The molecule has 164 valence electrons. The third-order valence-electron chi connectivity index (χ3n) is 7.82. The Morgan fingerprint density at radius 1 is 1.10 bits per heavy atom. The van der Waals surface area contributed by atoms with E-state index in [9.17, 15) is 14.7 Å². The number of urea groups is 1. The Balaban J connectivity index is 1.61. The van der Waals surface area contributed by atoms with Crippen molar-refractivity contribution in [3.8, 4) is 0 Å². The second kappa shape index (κ2) is 7.54. The predicted molar refractivity (Wildman–Crippen MR) is 115 cm³/mol. The number of hydrogen-bond donors (Lipinski definition) is 2. The Morgan fingerprint density at radius 3 is 2.23 bits per heavy atom. The Morgan fingerprint density at radius 2 is 1.73 bits per heavy atom. The maximum atomic E-state index is 13.2. The first kappa shape index (κ1) is 21.1. The van der Waals surface area contributed by atoms with Crippen molar-refractivity contribution in [2.24, 2.45) is 5.73 Å². The first-order valence-electron chi connectivity index (χ1n) is 11.0. The van der Waals surface area contributed by atoms with Crippen LogP contribution in [0.5, 0.6) is 0 Å².